The predicted octanol–water partition coefficient (Wildman–Crippen LogP) is 2.65. The summed E-state index contributed by atoms with van der Waals surface area (Å²) in [6, 6.07) is 0. The number of aromatic nitrogens is 3. The molecule has 5 heteroatoms. The summed E-state index contributed by atoms with van der Waals surface area (Å²) in [6.07, 6.45) is 1.52. The Balaban J connectivity index is 2.86. The van der Waals surface area contributed by atoms with Crippen LogP contribution in [0.1, 0.15) is 27.7 Å². The lowest BCUT2D eigenvalue weighted by molar-refractivity contribution is 0.543. The summed E-state index contributed by atoms with van der Waals surface area (Å²) in [5.41, 5.74) is 0. The molecule has 0 aliphatic carbocycles. The van der Waals surface area contributed by atoms with Crippen LogP contribution in [-0.4, -0.2) is 28.0 Å². The zero-order valence-electron chi connectivity index (χ0n) is 10.4. The van der Waals surface area contributed by atoms with E-state index in [4.69, 9.17) is 12.2 Å². The monoisotopic (exact) mass is 240 g/mol. The van der Waals surface area contributed by atoms with Gasteiger partial charge in [0.1, 0.15) is 6.33 Å². The maximum atomic E-state index is 5.01. The molecule has 0 aliphatic heterocycles. The van der Waals surface area contributed by atoms with Crippen molar-refractivity contribution >= 4 is 18.2 Å². The topological polar surface area (TPSA) is 44.8 Å². The SMILES string of the molecule is CC(C)CN(CC(C)C)c1ncnc(=S)[nH]1. The molecule has 0 bridgehead atoms. The molecule has 0 amide bonds. The average Bonchev–Trinajstić information content (AvgIpc) is 2.15. The molecule has 1 N–H and O–H groups in total. The van der Waals surface area contributed by atoms with Crippen LogP contribution in [0.2, 0.25) is 0 Å². The molecule has 0 saturated carbocycles. The van der Waals surface area contributed by atoms with E-state index in [0.29, 0.717) is 16.6 Å². The molecule has 0 atom stereocenters. The molecular weight excluding hydrogens is 220 g/mol. The van der Waals surface area contributed by atoms with Crippen LogP contribution in [-0.2, 0) is 0 Å². The molecule has 90 valence electrons. The Morgan fingerprint density at radius 1 is 1.19 bits per heavy atom. The Morgan fingerprint density at radius 3 is 2.19 bits per heavy atom. The van der Waals surface area contributed by atoms with E-state index >= 15 is 0 Å². The second-order valence-corrected chi connectivity index (χ2v) is 5.21. The predicted molar refractivity (Wildman–Crippen MR) is 69.1 cm³/mol. The van der Waals surface area contributed by atoms with Gasteiger partial charge in [-0.25, -0.2) is 9.97 Å². The van der Waals surface area contributed by atoms with Gasteiger partial charge in [-0.3, -0.25) is 0 Å². The number of hydrogen-bond acceptors (Lipinski definition) is 4. The van der Waals surface area contributed by atoms with Gasteiger partial charge in [0.05, 0.1) is 0 Å². The fourth-order valence-electron chi connectivity index (χ4n) is 1.59. The Morgan fingerprint density at radius 2 is 1.75 bits per heavy atom. The first-order valence-electron chi connectivity index (χ1n) is 5.65. The molecule has 0 radical (unpaired) electrons. The Labute approximate surface area is 102 Å². The smallest absolute Gasteiger partial charge is 0.206 e. The average molecular weight is 240 g/mol. The molecule has 0 fully saturated rings. The van der Waals surface area contributed by atoms with Gasteiger partial charge in [-0.1, -0.05) is 27.7 Å². The number of nitrogens with zero attached hydrogens (tertiary/aromatic N) is 3. The number of aromatic amines is 1. The Bertz CT molecular complexity index is 362. The maximum absolute atomic E-state index is 5.01. The minimum absolute atomic E-state index is 0.488. The van der Waals surface area contributed by atoms with Crippen LogP contribution < -0.4 is 4.90 Å². The zero-order chi connectivity index (χ0) is 12.1. The third-order valence-corrected chi connectivity index (χ3v) is 2.25. The van der Waals surface area contributed by atoms with Gasteiger partial charge in [-0.15, -0.1) is 0 Å². The molecule has 16 heavy (non-hydrogen) atoms. The van der Waals surface area contributed by atoms with Crippen molar-refractivity contribution in [3.63, 3.8) is 0 Å². The second-order valence-electron chi connectivity index (χ2n) is 4.82. The summed E-state index contributed by atoms with van der Waals surface area (Å²) in [5.74, 6) is 2.01. The number of nitrogens with one attached hydrogen (secondary N) is 1. The van der Waals surface area contributed by atoms with E-state index in [1.165, 1.54) is 6.33 Å². The third-order valence-electron chi connectivity index (χ3n) is 2.04. The highest BCUT2D eigenvalue weighted by atomic mass is 32.1. The van der Waals surface area contributed by atoms with Crippen LogP contribution in [0.15, 0.2) is 6.33 Å². The second kappa shape index (κ2) is 5.94. The van der Waals surface area contributed by atoms with Crippen LogP contribution in [0.25, 0.3) is 0 Å². The van der Waals surface area contributed by atoms with Crippen molar-refractivity contribution in [1.82, 2.24) is 15.0 Å². The Kier molecular flexibility index (Phi) is 4.86. The summed E-state index contributed by atoms with van der Waals surface area (Å²) in [6.45, 7) is 10.7. The van der Waals surface area contributed by atoms with Crippen LogP contribution in [0, 0.1) is 16.6 Å². The van der Waals surface area contributed by atoms with Crippen LogP contribution in [0.3, 0.4) is 0 Å². The Hall–Kier alpha value is -0.970. The lowest BCUT2D eigenvalue weighted by Crippen LogP contribution is -2.32. The molecule has 1 aromatic heterocycles. The quantitative estimate of drug-likeness (QED) is 0.804. The highest BCUT2D eigenvalue weighted by Crippen LogP contribution is 2.11. The van der Waals surface area contributed by atoms with Crippen LogP contribution in [0.4, 0.5) is 5.95 Å². The number of hydrogen-bond donors (Lipinski definition) is 1. The van der Waals surface area contributed by atoms with E-state index in [9.17, 15) is 0 Å². The van der Waals surface area contributed by atoms with E-state index in [1.807, 2.05) is 0 Å². The standard InChI is InChI=1S/C11H20N4S/c1-8(2)5-15(6-9(3)4)10-12-7-13-11(16)14-10/h7-9H,5-6H2,1-4H3,(H,12,13,14,16). The minimum atomic E-state index is 0.488. The maximum Gasteiger partial charge on any atom is 0.206 e. The van der Waals surface area contributed by atoms with E-state index in [2.05, 4.69) is 47.5 Å². The molecule has 0 aliphatic rings. The fourth-order valence-corrected chi connectivity index (χ4v) is 1.72. The molecule has 1 heterocycles. The minimum Gasteiger partial charge on any atom is -0.342 e. The molecule has 4 nitrogen and oxygen atoms in total. The first-order valence-corrected chi connectivity index (χ1v) is 6.06. The summed E-state index contributed by atoms with van der Waals surface area (Å²) < 4.78 is 0.488. The summed E-state index contributed by atoms with van der Waals surface area (Å²) in [7, 11) is 0. The molecule has 0 spiro atoms. The van der Waals surface area contributed by atoms with Gasteiger partial charge >= 0.3 is 0 Å². The molecule has 0 unspecified atom stereocenters. The molecule has 0 aromatic carbocycles. The van der Waals surface area contributed by atoms with Crippen molar-refractivity contribution in [1.29, 1.82) is 0 Å². The van der Waals surface area contributed by atoms with Crippen molar-refractivity contribution < 1.29 is 0 Å². The van der Waals surface area contributed by atoms with E-state index in [-0.39, 0.29) is 0 Å². The van der Waals surface area contributed by atoms with Gasteiger partial charge in [0.25, 0.3) is 0 Å². The van der Waals surface area contributed by atoms with Crippen molar-refractivity contribution in [3.8, 4) is 0 Å². The van der Waals surface area contributed by atoms with Crippen LogP contribution in [0.5, 0.6) is 0 Å². The molecule has 0 saturated heterocycles. The van der Waals surface area contributed by atoms with Gasteiger partial charge in [-0.2, -0.15) is 0 Å². The summed E-state index contributed by atoms with van der Waals surface area (Å²) in [4.78, 5) is 13.4. The lowest BCUT2D eigenvalue weighted by Gasteiger charge is -2.26. The van der Waals surface area contributed by atoms with Gasteiger partial charge in [0, 0.05) is 13.1 Å². The summed E-state index contributed by atoms with van der Waals surface area (Å²) in [5, 5.41) is 0. The largest absolute Gasteiger partial charge is 0.342 e. The lowest BCUT2D eigenvalue weighted by atomic mass is 10.1. The summed E-state index contributed by atoms with van der Waals surface area (Å²) >= 11 is 5.01. The molecular formula is C11H20N4S. The van der Waals surface area contributed by atoms with Crippen molar-refractivity contribution in [3.05, 3.63) is 11.1 Å². The van der Waals surface area contributed by atoms with Crippen LogP contribution >= 0.6 is 12.2 Å². The first kappa shape index (κ1) is 13.1. The van der Waals surface area contributed by atoms with E-state index < -0.39 is 0 Å². The highest BCUT2D eigenvalue weighted by Gasteiger charge is 2.11. The highest BCUT2D eigenvalue weighted by molar-refractivity contribution is 7.71. The van der Waals surface area contributed by atoms with Crippen molar-refractivity contribution in [2.45, 2.75) is 27.7 Å². The van der Waals surface area contributed by atoms with Gasteiger partial charge in [-0.05, 0) is 24.1 Å². The zero-order valence-corrected chi connectivity index (χ0v) is 11.2. The first-order chi connectivity index (χ1) is 7.49. The van der Waals surface area contributed by atoms with Gasteiger partial charge in [0.2, 0.25) is 10.7 Å². The molecule has 1 aromatic rings. The van der Waals surface area contributed by atoms with Crippen molar-refractivity contribution in [2.75, 3.05) is 18.0 Å². The van der Waals surface area contributed by atoms with Gasteiger partial charge < -0.3 is 9.88 Å². The van der Waals surface area contributed by atoms with Gasteiger partial charge in [0.15, 0.2) is 0 Å². The van der Waals surface area contributed by atoms with E-state index in [1.54, 1.807) is 0 Å². The molecule has 1 rings (SSSR count). The normalized spacial score (nSPS) is 11.1. The number of anilines is 1. The number of rotatable bonds is 5. The van der Waals surface area contributed by atoms with E-state index in [0.717, 1.165) is 19.0 Å². The number of H-pyrrole nitrogens is 1. The third kappa shape index (κ3) is 4.26. The van der Waals surface area contributed by atoms with Crippen molar-refractivity contribution in [2.24, 2.45) is 11.8 Å². The fraction of sp³-hybridized carbons (Fsp3) is 0.727.